The number of aromatic nitrogens is 3. The Morgan fingerprint density at radius 2 is 1.90 bits per heavy atom. The van der Waals surface area contributed by atoms with E-state index in [1.807, 2.05) is 24.3 Å². The van der Waals surface area contributed by atoms with Crippen LogP contribution in [0.4, 0.5) is 0 Å². The van der Waals surface area contributed by atoms with Crippen LogP contribution in [0.15, 0.2) is 43.0 Å². The summed E-state index contributed by atoms with van der Waals surface area (Å²) in [6, 6.07) is 5.40. The number of aliphatic carboxylic acids is 1. The molecule has 2 atom stereocenters. The van der Waals surface area contributed by atoms with Crippen molar-refractivity contribution < 1.29 is 19.5 Å². The standard InChI is InChI=1S/C19H22N6O4/c20-7-17(26)24-15(5-11-8-22-14-4-2-1-3-13(11)14)18(27)25-16(19(28)29)6-12-9-21-10-23-12/h1-4,8-10,15-16,22H,5-7,20H2,(H,21,23)(H,24,26)(H,25,27)(H,28,29)/t15-,16-/m0/s1. The highest BCUT2D eigenvalue weighted by Gasteiger charge is 2.27. The Morgan fingerprint density at radius 3 is 2.59 bits per heavy atom. The van der Waals surface area contributed by atoms with Gasteiger partial charge in [-0.1, -0.05) is 18.2 Å². The van der Waals surface area contributed by atoms with Crippen molar-refractivity contribution in [2.75, 3.05) is 6.54 Å². The number of imidazole rings is 1. The number of nitrogens with one attached hydrogen (secondary N) is 4. The lowest BCUT2D eigenvalue weighted by Gasteiger charge is -2.21. The van der Waals surface area contributed by atoms with Crippen LogP contribution in [-0.2, 0) is 27.2 Å². The van der Waals surface area contributed by atoms with Crippen LogP contribution in [0.25, 0.3) is 10.9 Å². The van der Waals surface area contributed by atoms with E-state index in [0.29, 0.717) is 5.69 Å². The number of carboxylic acid groups (broad SMARTS) is 1. The molecule has 10 heteroatoms. The molecule has 152 valence electrons. The predicted molar refractivity (Wildman–Crippen MR) is 105 cm³/mol. The Morgan fingerprint density at radius 1 is 1.10 bits per heavy atom. The van der Waals surface area contributed by atoms with Crippen LogP contribution in [0, 0.1) is 0 Å². The Kier molecular flexibility index (Phi) is 6.25. The van der Waals surface area contributed by atoms with Crippen LogP contribution in [-0.4, -0.2) is 56.5 Å². The lowest BCUT2D eigenvalue weighted by molar-refractivity contribution is -0.142. The Balaban J connectivity index is 1.78. The molecule has 0 aliphatic heterocycles. The Hall–Kier alpha value is -3.66. The Labute approximate surface area is 165 Å². The molecule has 1 aromatic carbocycles. The van der Waals surface area contributed by atoms with Gasteiger partial charge in [-0.25, -0.2) is 9.78 Å². The zero-order chi connectivity index (χ0) is 20.8. The van der Waals surface area contributed by atoms with E-state index >= 15 is 0 Å². The molecule has 0 saturated carbocycles. The van der Waals surface area contributed by atoms with Crippen molar-refractivity contribution >= 4 is 28.7 Å². The third-order valence-corrected chi connectivity index (χ3v) is 4.53. The first-order valence-corrected chi connectivity index (χ1v) is 9.02. The number of hydrogen-bond donors (Lipinski definition) is 6. The van der Waals surface area contributed by atoms with E-state index in [2.05, 4.69) is 25.6 Å². The number of fused-ring (bicyclic) bond motifs is 1. The molecular formula is C19H22N6O4. The summed E-state index contributed by atoms with van der Waals surface area (Å²) in [6.07, 6.45) is 4.89. The fourth-order valence-electron chi connectivity index (χ4n) is 3.07. The maximum atomic E-state index is 12.8. The summed E-state index contributed by atoms with van der Waals surface area (Å²) in [5, 5.41) is 15.4. The summed E-state index contributed by atoms with van der Waals surface area (Å²) in [4.78, 5) is 46.0. The molecule has 2 amide bonds. The average molecular weight is 398 g/mol. The van der Waals surface area contributed by atoms with Crippen LogP contribution in [0.3, 0.4) is 0 Å². The van der Waals surface area contributed by atoms with E-state index in [9.17, 15) is 19.5 Å². The molecule has 2 heterocycles. The number of nitrogens with zero attached hydrogens (tertiary/aromatic N) is 1. The number of benzene rings is 1. The molecule has 3 aromatic rings. The minimum atomic E-state index is -1.19. The Bertz CT molecular complexity index is 997. The smallest absolute Gasteiger partial charge is 0.326 e. The largest absolute Gasteiger partial charge is 0.480 e. The summed E-state index contributed by atoms with van der Waals surface area (Å²) in [6.45, 7) is -0.284. The number of amides is 2. The van der Waals surface area contributed by atoms with E-state index in [4.69, 9.17) is 5.73 Å². The maximum absolute atomic E-state index is 12.8. The van der Waals surface area contributed by atoms with Gasteiger partial charge in [0, 0.05) is 41.8 Å². The van der Waals surface area contributed by atoms with Crippen molar-refractivity contribution in [1.82, 2.24) is 25.6 Å². The number of carbonyl (C=O) groups excluding carboxylic acids is 2. The van der Waals surface area contributed by atoms with Crippen molar-refractivity contribution in [2.24, 2.45) is 5.73 Å². The van der Waals surface area contributed by atoms with Gasteiger partial charge in [0.1, 0.15) is 12.1 Å². The molecule has 0 radical (unpaired) electrons. The number of nitrogens with two attached hydrogens (primary N) is 1. The lowest BCUT2D eigenvalue weighted by atomic mass is 10.0. The van der Waals surface area contributed by atoms with Gasteiger partial charge in [0.25, 0.3) is 0 Å². The molecule has 29 heavy (non-hydrogen) atoms. The van der Waals surface area contributed by atoms with E-state index in [1.54, 1.807) is 6.20 Å². The fraction of sp³-hybridized carbons (Fsp3) is 0.263. The second-order valence-corrected chi connectivity index (χ2v) is 6.57. The molecule has 0 aliphatic carbocycles. The van der Waals surface area contributed by atoms with E-state index < -0.39 is 29.9 Å². The minimum absolute atomic E-state index is 0.0334. The fourth-order valence-corrected chi connectivity index (χ4v) is 3.07. The van der Waals surface area contributed by atoms with Gasteiger partial charge in [-0.15, -0.1) is 0 Å². The topological polar surface area (TPSA) is 166 Å². The summed E-state index contributed by atoms with van der Waals surface area (Å²) < 4.78 is 0. The number of aromatic amines is 2. The van der Waals surface area contributed by atoms with Crippen LogP contribution >= 0.6 is 0 Å². The summed E-state index contributed by atoms with van der Waals surface area (Å²) in [7, 11) is 0. The zero-order valence-corrected chi connectivity index (χ0v) is 15.5. The summed E-state index contributed by atoms with van der Waals surface area (Å²) >= 11 is 0. The predicted octanol–water partition coefficient (Wildman–Crippen LogP) is -0.311. The normalized spacial score (nSPS) is 13.0. The van der Waals surface area contributed by atoms with Crippen molar-refractivity contribution in [3.8, 4) is 0 Å². The molecule has 3 rings (SSSR count). The number of rotatable bonds is 9. The van der Waals surface area contributed by atoms with Crippen molar-refractivity contribution in [3.63, 3.8) is 0 Å². The average Bonchev–Trinajstić information content (AvgIpc) is 3.36. The quantitative estimate of drug-likeness (QED) is 0.289. The van der Waals surface area contributed by atoms with Crippen molar-refractivity contribution in [3.05, 3.63) is 54.2 Å². The number of hydrogen-bond acceptors (Lipinski definition) is 5. The molecule has 0 aliphatic rings. The van der Waals surface area contributed by atoms with Crippen LogP contribution in [0.1, 0.15) is 11.3 Å². The van der Waals surface area contributed by atoms with Crippen molar-refractivity contribution in [1.29, 1.82) is 0 Å². The molecule has 0 fully saturated rings. The first-order chi connectivity index (χ1) is 14.0. The molecule has 0 unspecified atom stereocenters. The highest BCUT2D eigenvalue weighted by Crippen LogP contribution is 2.19. The SMILES string of the molecule is NCC(=O)N[C@@H](Cc1c[nH]c2ccccc12)C(=O)N[C@@H](Cc1cnc[nH]1)C(=O)O. The maximum Gasteiger partial charge on any atom is 0.326 e. The van der Waals surface area contributed by atoms with Gasteiger partial charge in [0.15, 0.2) is 0 Å². The van der Waals surface area contributed by atoms with Crippen LogP contribution in [0.5, 0.6) is 0 Å². The zero-order valence-electron chi connectivity index (χ0n) is 15.5. The van der Waals surface area contributed by atoms with Crippen LogP contribution in [0.2, 0.25) is 0 Å². The second kappa shape index (κ2) is 9.02. The van der Waals surface area contributed by atoms with Gasteiger partial charge >= 0.3 is 5.97 Å². The molecule has 2 aromatic heterocycles. The van der Waals surface area contributed by atoms with Crippen molar-refractivity contribution in [2.45, 2.75) is 24.9 Å². The second-order valence-electron chi connectivity index (χ2n) is 6.57. The molecule has 0 bridgehead atoms. The third kappa shape index (κ3) is 4.99. The van der Waals surface area contributed by atoms with Crippen LogP contribution < -0.4 is 16.4 Å². The van der Waals surface area contributed by atoms with Gasteiger partial charge < -0.3 is 31.4 Å². The van der Waals surface area contributed by atoms with Gasteiger partial charge in [-0.2, -0.15) is 0 Å². The van der Waals surface area contributed by atoms with Gasteiger partial charge in [-0.3, -0.25) is 9.59 Å². The number of carbonyl (C=O) groups is 3. The number of carboxylic acids is 1. The van der Waals surface area contributed by atoms with Gasteiger partial charge in [0.2, 0.25) is 11.8 Å². The number of H-pyrrole nitrogens is 2. The molecule has 10 nitrogen and oxygen atoms in total. The molecule has 0 spiro atoms. The monoisotopic (exact) mass is 398 g/mol. The lowest BCUT2D eigenvalue weighted by Crippen LogP contribution is -2.54. The van der Waals surface area contributed by atoms with E-state index in [1.165, 1.54) is 12.5 Å². The van der Waals surface area contributed by atoms with Gasteiger partial charge in [-0.05, 0) is 11.6 Å². The first kappa shape index (κ1) is 20.1. The summed E-state index contributed by atoms with van der Waals surface area (Å²) in [5.74, 6) is -2.31. The summed E-state index contributed by atoms with van der Waals surface area (Å²) in [5.41, 5.74) is 7.65. The number of para-hydroxylation sites is 1. The third-order valence-electron chi connectivity index (χ3n) is 4.53. The molecule has 7 N–H and O–H groups in total. The van der Waals surface area contributed by atoms with E-state index in [0.717, 1.165) is 16.5 Å². The highest BCUT2D eigenvalue weighted by molar-refractivity contribution is 5.92. The molecule has 0 saturated heterocycles. The van der Waals surface area contributed by atoms with Gasteiger partial charge in [0.05, 0.1) is 12.9 Å². The van der Waals surface area contributed by atoms with E-state index in [-0.39, 0.29) is 19.4 Å². The first-order valence-electron chi connectivity index (χ1n) is 9.02. The molecular weight excluding hydrogens is 376 g/mol. The minimum Gasteiger partial charge on any atom is -0.480 e. The highest BCUT2D eigenvalue weighted by atomic mass is 16.4.